The minimum atomic E-state index is -0.326. The van der Waals surface area contributed by atoms with Gasteiger partial charge in [-0.3, -0.25) is 4.79 Å². The molecule has 0 saturated carbocycles. The number of hydrogen-bond acceptors (Lipinski definition) is 2. The van der Waals surface area contributed by atoms with E-state index in [0.717, 1.165) is 38.6 Å². The van der Waals surface area contributed by atoms with E-state index in [2.05, 4.69) is 5.92 Å². The van der Waals surface area contributed by atoms with Crippen molar-refractivity contribution >= 4 is 5.91 Å². The van der Waals surface area contributed by atoms with Gasteiger partial charge >= 0.3 is 0 Å². The Labute approximate surface area is 91.5 Å². The normalized spacial score (nSPS) is 21.1. The van der Waals surface area contributed by atoms with E-state index in [1.165, 1.54) is 0 Å². The van der Waals surface area contributed by atoms with Crippen molar-refractivity contribution in [1.82, 2.24) is 4.90 Å². The van der Waals surface area contributed by atoms with Gasteiger partial charge in [0.25, 0.3) is 0 Å². The number of rotatable bonds is 4. The number of aliphatic hydroxyl groups is 1. The highest BCUT2D eigenvalue weighted by Gasteiger charge is 2.21. The van der Waals surface area contributed by atoms with Gasteiger partial charge < -0.3 is 10.0 Å². The van der Waals surface area contributed by atoms with Crippen LogP contribution < -0.4 is 0 Å². The first-order valence-corrected chi connectivity index (χ1v) is 5.63. The maximum absolute atomic E-state index is 11.7. The van der Waals surface area contributed by atoms with Crippen molar-refractivity contribution in [3.63, 3.8) is 0 Å². The van der Waals surface area contributed by atoms with E-state index in [9.17, 15) is 9.90 Å². The molecule has 1 amide bonds. The van der Waals surface area contributed by atoms with Gasteiger partial charge in [-0.15, -0.1) is 12.3 Å². The lowest BCUT2D eigenvalue weighted by Crippen LogP contribution is -2.42. The standard InChI is InChI=1S/C12H19NO2/c1-2-3-4-5-8-12(15)13-9-6-7-11(14)10-13/h1,11,14H,3-10H2. The summed E-state index contributed by atoms with van der Waals surface area (Å²) in [4.78, 5) is 13.4. The summed E-state index contributed by atoms with van der Waals surface area (Å²) in [6, 6.07) is 0. The lowest BCUT2D eigenvalue weighted by atomic mass is 10.1. The highest BCUT2D eigenvalue weighted by atomic mass is 16.3. The van der Waals surface area contributed by atoms with Crippen LogP contribution in [-0.4, -0.2) is 35.1 Å². The van der Waals surface area contributed by atoms with Crippen LogP contribution in [0.15, 0.2) is 0 Å². The molecule has 1 unspecified atom stereocenters. The monoisotopic (exact) mass is 209 g/mol. The van der Waals surface area contributed by atoms with Gasteiger partial charge in [0, 0.05) is 25.9 Å². The maximum Gasteiger partial charge on any atom is 0.222 e. The minimum Gasteiger partial charge on any atom is -0.391 e. The predicted octanol–water partition coefficient (Wildman–Crippen LogP) is 1.16. The molecule has 1 N–H and O–H groups in total. The van der Waals surface area contributed by atoms with Gasteiger partial charge in [0.1, 0.15) is 0 Å². The Balaban J connectivity index is 2.18. The Kier molecular flexibility index (Phi) is 5.20. The van der Waals surface area contributed by atoms with Crippen molar-refractivity contribution in [3.8, 4) is 12.3 Å². The fraction of sp³-hybridized carbons (Fsp3) is 0.750. The number of carbonyl (C=O) groups excluding carboxylic acids is 1. The number of likely N-dealkylation sites (tertiary alicyclic amines) is 1. The summed E-state index contributed by atoms with van der Waals surface area (Å²) in [6.07, 6.45) is 9.62. The topological polar surface area (TPSA) is 40.5 Å². The Morgan fingerprint density at radius 3 is 3.00 bits per heavy atom. The molecule has 0 aromatic rings. The van der Waals surface area contributed by atoms with Crippen molar-refractivity contribution in [1.29, 1.82) is 0 Å². The SMILES string of the molecule is C#CCCCCC(=O)N1CCCC(O)C1. The smallest absolute Gasteiger partial charge is 0.222 e. The van der Waals surface area contributed by atoms with Crippen LogP contribution in [-0.2, 0) is 4.79 Å². The van der Waals surface area contributed by atoms with Crippen LogP contribution in [0, 0.1) is 12.3 Å². The zero-order valence-corrected chi connectivity index (χ0v) is 9.11. The van der Waals surface area contributed by atoms with Gasteiger partial charge in [-0.2, -0.15) is 0 Å². The molecule has 1 rings (SSSR count). The van der Waals surface area contributed by atoms with Crippen molar-refractivity contribution in [2.24, 2.45) is 0 Å². The Bertz CT molecular complexity index is 244. The van der Waals surface area contributed by atoms with Crippen LogP contribution in [0.3, 0.4) is 0 Å². The van der Waals surface area contributed by atoms with Crippen molar-refractivity contribution in [2.75, 3.05) is 13.1 Å². The minimum absolute atomic E-state index is 0.158. The molecule has 1 saturated heterocycles. The molecule has 0 spiro atoms. The van der Waals surface area contributed by atoms with E-state index in [4.69, 9.17) is 6.42 Å². The fourth-order valence-corrected chi connectivity index (χ4v) is 1.84. The zero-order valence-electron chi connectivity index (χ0n) is 9.11. The molecule has 3 heteroatoms. The lowest BCUT2D eigenvalue weighted by molar-refractivity contribution is -0.134. The fourth-order valence-electron chi connectivity index (χ4n) is 1.84. The molecule has 1 heterocycles. The average molecular weight is 209 g/mol. The van der Waals surface area contributed by atoms with Crippen LogP contribution in [0.4, 0.5) is 0 Å². The number of hydrogen-bond donors (Lipinski definition) is 1. The summed E-state index contributed by atoms with van der Waals surface area (Å²) in [5.74, 6) is 2.72. The van der Waals surface area contributed by atoms with Crippen LogP contribution >= 0.6 is 0 Å². The van der Waals surface area contributed by atoms with Crippen molar-refractivity contribution in [2.45, 2.75) is 44.6 Å². The van der Waals surface area contributed by atoms with Crippen LogP contribution in [0.2, 0.25) is 0 Å². The third-order valence-corrected chi connectivity index (χ3v) is 2.71. The van der Waals surface area contributed by atoms with Crippen molar-refractivity contribution in [3.05, 3.63) is 0 Å². The third kappa shape index (κ3) is 4.35. The summed E-state index contributed by atoms with van der Waals surface area (Å²) < 4.78 is 0. The number of aliphatic hydroxyl groups excluding tert-OH is 1. The molecule has 0 aromatic heterocycles. The number of terminal acetylenes is 1. The summed E-state index contributed by atoms with van der Waals surface area (Å²) in [7, 11) is 0. The van der Waals surface area contributed by atoms with E-state index < -0.39 is 0 Å². The molecule has 1 atom stereocenters. The molecule has 0 radical (unpaired) electrons. The van der Waals surface area contributed by atoms with Crippen LogP contribution in [0.25, 0.3) is 0 Å². The van der Waals surface area contributed by atoms with E-state index >= 15 is 0 Å². The zero-order chi connectivity index (χ0) is 11.1. The summed E-state index contributed by atoms with van der Waals surface area (Å²) in [5.41, 5.74) is 0. The molecule has 3 nitrogen and oxygen atoms in total. The molecule has 0 aliphatic carbocycles. The number of nitrogens with zero attached hydrogens (tertiary/aromatic N) is 1. The van der Waals surface area contributed by atoms with Gasteiger partial charge in [0.15, 0.2) is 0 Å². The molecule has 1 aliphatic heterocycles. The second-order valence-corrected chi connectivity index (χ2v) is 4.05. The second-order valence-electron chi connectivity index (χ2n) is 4.05. The second kappa shape index (κ2) is 6.47. The van der Waals surface area contributed by atoms with Gasteiger partial charge in [-0.05, 0) is 25.7 Å². The summed E-state index contributed by atoms with van der Waals surface area (Å²) in [6.45, 7) is 1.30. The van der Waals surface area contributed by atoms with Gasteiger partial charge in [0.2, 0.25) is 5.91 Å². The first-order chi connectivity index (χ1) is 7.24. The predicted molar refractivity (Wildman–Crippen MR) is 59.1 cm³/mol. The number of β-amino-alcohol motifs (C(OH)–C–C–N with tert-alkyl or cyclic N) is 1. The molecule has 0 aromatic carbocycles. The third-order valence-electron chi connectivity index (χ3n) is 2.71. The van der Waals surface area contributed by atoms with Crippen LogP contribution in [0.5, 0.6) is 0 Å². The average Bonchev–Trinajstić information content (AvgIpc) is 2.24. The first-order valence-electron chi connectivity index (χ1n) is 5.63. The quantitative estimate of drug-likeness (QED) is 0.557. The number of amides is 1. The number of piperidine rings is 1. The molecular formula is C12H19NO2. The number of carbonyl (C=O) groups is 1. The van der Waals surface area contributed by atoms with E-state index in [1.807, 2.05) is 0 Å². The molecule has 15 heavy (non-hydrogen) atoms. The van der Waals surface area contributed by atoms with Crippen molar-refractivity contribution < 1.29 is 9.90 Å². The van der Waals surface area contributed by atoms with E-state index in [1.54, 1.807) is 4.90 Å². The van der Waals surface area contributed by atoms with Crippen LogP contribution in [0.1, 0.15) is 38.5 Å². The lowest BCUT2D eigenvalue weighted by Gasteiger charge is -2.30. The first kappa shape index (κ1) is 12.1. The largest absolute Gasteiger partial charge is 0.391 e. The molecule has 1 fully saturated rings. The Morgan fingerprint density at radius 2 is 2.33 bits per heavy atom. The van der Waals surface area contributed by atoms with Gasteiger partial charge in [-0.1, -0.05) is 0 Å². The summed E-state index contributed by atoms with van der Waals surface area (Å²) >= 11 is 0. The summed E-state index contributed by atoms with van der Waals surface area (Å²) in [5, 5.41) is 9.42. The molecular weight excluding hydrogens is 190 g/mol. The molecule has 1 aliphatic rings. The highest BCUT2D eigenvalue weighted by Crippen LogP contribution is 2.12. The maximum atomic E-state index is 11.7. The van der Waals surface area contributed by atoms with Gasteiger partial charge in [0.05, 0.1) is 6.10 Å². The molecule has 0 bridgehead atoms. The number of unbranched alkanes of at least 4 members (excludes halogenated alkanes) is 2. The molecule has 84 valence electrons. The highest BCUT2D eigenvalue weighted by molar-refractivity contribution is 5.76. The van der Waals surface area contributed by atoms with E-state index in [-0.39, 0.29) is 12.0 Å². The van der Waals surface area contributed by atoms with E-state index in [0.29, 0.717) is 13.0 Å². The Hall–Kier alpha value is -1.01. The van der Waals surface area contributed by atoms with Gasteiger partial charge in [-0.25, -0.2) is 0 Å². The Morgan fingerprint density at radius 1 is 1.53 bits per heavy atom.